The number of H-pyrrole nitrogens is 1. The van der Waals surface area contributed by atoms with E-state index >= 15 is 0 Å². The molecule has 0 radical (unpaired) electrons. The molecule has 11 heteroatoms. The number of nitrogens with zero attached hydrogens (tertiary/aromatic N) is 5. The van der Waals surface area contributed by atoms with E-state index in [2.05, 4.69) is 46.2 Å². The summed E-state index contributed by atoms with van der Waals surface area (Å²) < 4.78 is 6.25. The number of amides is 4. The van der Waals surface area contributed by atoms with Crippen molar-refractivity contribution in [1.82, 2.24) is 29.6 Å². The lowest BCUT2D eigenvalue weighted by atomic mass is 9.82. The zero-order chi connectivity index (χ0) is 35.0. The average molecular weight is 684 g/mol. The predicted octanol–water partition coefficient (Wildman–Crippen LogP) is 6.15. The third-order valence-electron chi connectivity index (χ3n) is 12.0. The number of rotatable bonds is 6. The maximum absolute atomic E-state index is 14.4. The molecule has 2 atom stereocenters. The lowest BCUT2D eigenvalue weighted by molar-refractivity contribution is -0.143. The Kier molecular flexibility index (Phi) is 9.78. The first-order chi connectivity index (χ1) is 24.1. The van der Waals surface area contributed by atoms with Gasteiger partial charge in [-0.25, -0.2) is 14.6 Å². The molecule has 0 aliphatic carbocycles. The molecule has 11 nitrogen and oxygen atoms in total. The minimum atomic E-state index is -0.960. The standard InChI is InChI=1S/C39H53N7O4/c1-26-23-29(24-33-34(26)41-25-40-33)27(2)35(36(47)44-16-10-30(11-17-44)43-21-14-39(3,4)15-22-43)50-38(49)45-18-12-31(13-19-45)46-20-9-28-7-5-6-8-32(28)42-37(46)48/h5-8,23-25,27,30-31,35H,9-22H2,1-4H3,(H,40,41)(H,42,48)/t27-,35?/m1/s1. The number of piperidine rings is 3. The van der Waals surface area contributed by atoms with E-state index in [1.807, 2.05) is 47.9 Å². The number of aromatic nitrogens is 2. The van der Waals surface area contributed by atoms with Crippen LogP contribution < -0.4 is 5.32 Å². The number of fused-ring (bicyclic) bond motifs is 2. The number of hydrogen-bond donors (Lipinski definition) is 2. The van der Waals surface area contributed by atoms with E-state index in [0.29, 0.717) is 57.0 Å². The fraction of sp³-hybridized carbons (Fsp3) is 0.590. The second kappa shape index (κ2) is 14.2. The first-order valence-corrected chi connectivity index (χ1v) is 18.6. The van der Waals surface area contributed by atoms with E-state index < -0.39 is 12.2 Å². The number of imidazole rings is 1. The molecule has 50 heavy (non-hydrogen) atoms. The quantitative estimate of drug-likeness (QED) is 0.323. The molecule has 268 valence electrons. The van der Waals surface area contributed by atoms with Crippen molar-refractivity contribution in [1.29, 1.82) is 0 Å². The smallest absolute Gasteiger partial charge is 0.410 e. The fourth-order valence-corrected chi connectivity index (χ4v) is 8.46. The summed E-state index contributed by atoms with van der Waals surface area (Å²) >= 11 is 0. The predicted molar refractivity (Wildman–Crippen MR) is 194 cm³/mol. The highest BCUT2D eigenvalue weighted by Gasteiger charge is 2.39. The van der Waals surface area contributed by atoms with Crippen LogP contribution in [0.15, 0.2) is 42.7 Å². The molecule has 5 heterocycles. The summed E-state index contributed by atoms with van der Waals surface area (Å²) in [4.78, 5) is 57.2. The zero-order valence-corrected chi connectivity index (χ0v) is 30.1. The van der Waals surface area contributed by atoms with Crippen molar-refractivity contribution in [2.45, 2.75) is 96.7 Å². The van der Waals surface area contributed by atoms with Gasteiger partial charge in [-0.15, -0.1) is 0 Å². The van der Waals surface area contributed by atoms with Gasteiger partial charge < -0.3 is 34.6 Å². The van der Waals surface area contributed by atoms with Crippen LogP contribution in [0.1, 0.15) is 81.9 Å². The highest BCUT2D eigenvalue weighted by molar-refractivity contribution is 5.91. The van der Waals surface area contributed by atoms with Gasteiger partial charge in [0, 0.05) is 56.4 Å². The van der Waals surface area contributed by atoms with Crippen LogP contribution in [0.4, 0.5) is 15.3 Å². The number of aryl methyl sites for hydroxylation is 1. The number of hydrogen-bond acceptors (Lipinski definition) is 6. The Morgan fingerprint density at radius 2 is 1.60 bits per heavy atom. The van der Waals surface area contributed by atoms with Crippen LogP contribution in [0.5, 0.6) is 0 Å². The van der Waals surface area contributed by atoms with E-state index in [9.17, 15) is 14.4 Å². The van der Waals surface area contributed by atoms with E-state index in [1.165, 1.54) is 12.8 Å². The number of likely N-dealkylation sites (tertiary alicyclic amines) is 3. The van der Waals surface area contributed by atoms with E-state index in [-0.39, 0.29) is 23.9 Å². The van der Waals surface area contributed by atoms with E-state index in [1.54, 1.807) is 11.2 Å². The second-order valence-electron chi connectivity index (χ2n) is 15.7. The summed E-state index contributed by atoms with van der Waals surface area (Å²) in [6, 6.07) is 12.4. The summed E-state index contributed by atoms with van der Waals surface area (Å²) in [6.07, 6.45) is 6.63. The number of benzene rings is 2. The molecule has 4 aliphatic heterocycles. The number of para-hydroxylation sites is 1. The Morgan fingerprint density at radius 1 is 0.920 bits per heavy atom. The summed E-state index contributed by atoms with van der Waals surface area (Å²) in [5.41, 5.74) is 6.16. The molecule has 4 aliphatic rings. The molecular formula is C39H53N7O4. The normalized spacial score (nSPS) is 22.1. The number of aromatic amines is 1. The minimum Gasteiger partial charge on any atom is -0.435 e. The van der Waals surface area contributed by atoms with Gasteiger partial charge in [-0.05, 0) is 99.2 Å². The first-order valence-electron chi connectivity index (χ1n) is 18.6. The zero-order valence-electron chi connectivity index (χ0n) is 30.1. The van der Waals surface area contributed by atoms with Crippen molar-refractivity contribution in [3.05, 3.63) is 59.4 Å². The van der Waals surface area contributed by atoms with Crippen LogP contribution in [0.3, 0.4) is 0 Å². The average Bonchev–Trinajstić information content (AvgIpc) is 3.54. The Labute approximate surface area is 295 Å². The van der Waals surface area contributed by atoms with Gasteiger partial charge in [-0.1, -0.05) is 45.0 Å². The van der Waals surface area contributed by atoms with Gasteiger partial charge in [0.05, 0.1) is 17.4 Å². The van der Waals surface area contributed by atoms with Crippen molar-refractivity contribution < 1.29 is 19.1 Å². The molecule has 2 aromatic carbocycles. The SMILES string of the molecule is Cc1cc([C@@H](C)C(OC(=O)N2CCC(N3CCc4ccccc4NC3=O)CC2)C(=O)N2CCC(N3CCC(C)(C)CC3)CC2)cc2nc[nH]c12. The molecule has 0 bridgehead atoms. The summed E-state index contributed by atoms with van der Waals surface area (Å²) in [5.74, 6) is -0.493. The van der Waals surface area contributed by atoms with Gasteiger partial charge in [-0.3, -0.25) is 4.79 Å². The minimum absolute atomic E-state index is 0.0283. The number of anilines is 1. The molecule has 0 spiro atoms. The number of nitrogens with one attached hydrogen (secondary N) is 2. The third kappa shape index (κ3) is 7.20. The molecule has 4 amide bonds. The first kappa shape index (κ1) is 34.3. The number of carbonyl (C=O) groups is 3. The third-order valence-corrected chi connectivity index (χ3v) is 12.0. The van der Waals surface area contributed by atoms with Crippen LogP contribution in [-0.2, 0) is 16.0 Å². The van der Waals surface area contributed by atoms with Crippen molar-refractivity contribution in [2.24, 2.45) is 5.41 Å². The van der Waals surface area contributed by atoms with E-state index in [0.717, 1.165) is 65.8 Å². The summed E-state index contributed by atoms with van der Waals surface area (Å²) in [5, 5.41) is 3.07. The topological polar surface area (TPSA) is 114 Å². The molecular weight excluding hydrogens is 630 g/mol. The van der Waals surface area contributed by atoms with Crippen LogP contribution in [0, 0.1) is 12.3 Å². The monoisotopic (exact) mass is 683 g/mol. The molecule has 7 rings (SSSR count). The lowest BCUT2D eigenvalue weighted by Crippen LogP contribution is -2.53. The van der Waals surface area contributed by atoms with Crippen molar-refractivity contribution in [3.8, 4) is 0 Å². The van der Waals surface area contributed by atoms with Crippen LogP contribution in [0.25, 0.3) is 11.0 Å². The van der Waals surface area contributed by atoms with Gasteiger partial charge in [0.15, 0.2) is 6.10 Å². The van der Waals surface area contributed by atoms with Gasteiger partial charge >= 0.3 is 12.1 Å². The molecule has 3 fully saturated rings. The van der Waals surface area contributed by atoms with E-state index in [4.69, 9.17) is 4.74 Å². The Balaban J connectivity index is 1.02. The van der Waals surface area contributed by atoms with Crippen LogP contribution in [0.2, 0.25) is 0 Å². The fourth-order valence-electron chi connectivity index (χ4n) is 8.46. The van der Waals surface area contributed by atoms with Crippen molar-refractivity contribution in [3.63, 3.8) is 0 Å². The highest BCUT2D eigenvalue weighted by atomic mass is 16.6. The Morgan fingerprint density at radius 3 is 2.34 bits per heavy atom. The maximum atomic E-state index is 14.4. The number of carbonyl (C=O) groups excluding carboxylic acids is 3. The summed E-state index contributed by atoms with van der Waals surface area (Å²) in [6.45, 7) is 13.8. The van der Waals surface area contributed by atoms with Gasteiger partial charge in [0.1, 0.15) is 0 Å². The maximum Gasteiger partial charge on any atom is 0.410 e. The van der Waals surface area contributed by atoms with Crippen molar-refractivity contribution in [2.75, 3.05) is 51.1 Å². The second-order valence-corrected chi connectivity index (χ2v) is 15.7. The Hall–Kier alpha value is -4.12. The molecule has 0 saturated carbocycles. The Bertz CT molecular complexity index is 1700. The molecule has 2 N–H and O–H groups in total. The van der Waals surface area contributed by atoms with Gasteiger partial charge in [0.25, 0.3) is 5.91 Å². The summed E-state index contributed by atoms with van der Waals surface area (Å²) in [7, 11) is 0. The molecule has 1 aromatic heterocycles. The van der Waals surface area contributed by atoms with Gasteiger partial charge in [-0.2, -0.15) is 0 Å². The molecule has 3 saturated heterocycles. The number of urea groups is 1. The number of ether oxygens (including phenoxy) is 1. The lowest BCUT2D eigenvalue weighted by Gasteiger charge is -2.44. The van der Waals surface area contributed by atoms with Crippen LogP contribution >= 0.6 is 0 Å². The molecule has 1 unspecified atom stereocenters. The van der Waals surface area contributed by atoms with Crippen LogP contribution in [-0.4, -0.2) is 112 Å². The highest BCUT2D eigenvalue weighted by Crippen LogP contribution is 2.34. The molecule has 3 aromatic rings. The van der Waals surface area contributed by atoms with Crippen molar-refractivity contribution >= 4 is 34.8 Å². The van der Waals surface area contributed by atoms with Gasteiger partial charge in [0.2, 0.25) is 0 Å². The largest absolute Gasteiger partial charge is 0.435 e.